The van der Waals surface area contributed by atoms with Crippen molar-refractivity contribution in [2.24, 2.45) is 0 Å². The number of nitrogens with zero attached hydrogens (tertiary/aromatic N) is 4. The molecule has 3 heterocycles. The van der Waals surface area contributed by atoms with Gasteiger partial charge in [-0.1, -0.05) is 0 Å². The minimum absolute atomic E-state index is 0.0651. The Morgan fingerprint density at radius 3 is 2.32 bits per heavy atom. The van der Waals surface area contributed by atoms with Crippen LogP contribution in [-0.2, 0) is 13.6 Å². The summed E-state index contributed by atoms with van der Waals surface area (Å²) in [5, 5.41) is 0. The summed E-state index contributed by atoms with van der Waals surface area (Å²) in [6, 6.07) is 0. The minimum atomic E-state index is -1.87. The molecule has 4 unspecified atom stereocenters. The third-order valence-corrected chi connectivity index (χ3v) is 6.88. The number of hydrogen-bond donors (Lipinski definition) is 1. The van der Waals surface area contributed by atoms with E-state index < -0.39 is 16.6 Å². The van der Waals surface area contributed by atoms with Crippen LogP contribution in [0.5, 0.6) is 0 Å². The normalized spacial score (nSPS) is 26.2. The zero-order valence-electron chi connectivity index (χ0n) is 17.7. The van der Waals surface area contributed by atoms with Crippen molar-refractivity contribution >= 4 is 45.4 Å². The Kier molecular flexibility index (Phi) is 6.23. The summed E-state index contributed by atoms with van der Waals surface area (Å²) < 4.78 is 21.6. The molecule has 1 fully saturated rings. The highest BCUT2D eigenvalue weighted by molar-refractivity contribution is 7.98. The fourth-order valence-electron chi connectivity index (χ4n) is 3.37. The number of rotatable bonds is 7. The van der Waals surface area contributed by atoms with Crippen LogP contribution in [-0.4, -0.2) is 66.5 Å². The van der Waals surface area contributed by atoms with E-state index in [1.807, 2.05) is 4.57 Å². The lowest BCUT2D eigenvalue weighted by molar-refractivity contribution is -0.0233. The summed E-state index contributed by atoms with van der Waals surface area (Å²) in [4.78, 5) is 12.8. The monoisotopic (exact) mass is 441 g/mol. The molecule has 1 saturated heterocycles. The number of hydrogen-bond acceptors (Lipinski definition) is 8. The standard InChI is InChI=1S/C17H31N5O3SSi2/c1-26-8-11-13(24-27(2,3)4)14(25-28(5,6)7)17(23-11)22-10-21-12-15(18)19-9-20-16(12)22/h9-11,13-14,17H,8H2,1-7H3,(H2,18,19,20). The van der Waals surface area contributed by atoms with Crippen LogP contribution >= 0.6 is 11.8 Å². The molecule has 0 saturated carbocycles. The van der Waals surface area contributed by atoms with Crippen molar-refractivity contribution in [3.63, 3.8) is 0 Å². The molecular formula is C17H31N5O3SSi2. The molecule has 1 aliphatic heterocycles. The maximum Gasteiger partial charge on any atom is 0.184 e. The van der Waals surface area contributed by atoms with Crippen molar-refractivity contribution in [3.05, 3.63) is 12.7 Å². The largest absolute Gasteiger partial charge is 0.409 e. The molecule has 3 rings (SSSR count). The van der Waals surface area contributed by atoms with Gasteiger partial charge in [-0.05, 0) is 45.5 Å². The zero-order valence-corrected chi connectivity index (χ0v) is 20.5. The molecule has 0 radical (unpaired) electrons. The molecule has 2 aromatic heterocycles. The molecule has 0 bridgehead atoms. The number of nitrogens with two attached hydrogens (primary N) is 1. The first-order valence-electron chi connectivity index (χ1n) is 9.43. The van der Waals surface area contributed by atoms with Crippen molar-refractivity contribution in [1.29, 1.82) is 0 Å². The third-order valence-electron chi connectivity index (χ3n) is 4.26. The van der Waals surface area contributed by atoms with Gasteiger partial charge in [-0.3, -0.25) is 4.57 Å². The van der Waals surface area contributed by atoms with Gasteiger partial charge in [0.2, 0.25) is 0 Å². The van der Waals surface area contributed by atoms with Crippen molar-refractivity contribution in [2.75, 3.05) is 17.7 Å². The van der Waals surface area contributed by atoms with Gasteiger partial charge in [0.25, 0.3) is 0 Å². The van der Waals surface area contributed by atoms with Crippen LogP contribution in [0, 0.1) is 0 Å². The molecule has 0 aromatic carbocycles. The number of nitrogen functional groups attached to an aromatic ring is 1. The molecular weight excluding hydrogens is 410 g/mol. The van der Waals surface area contributed by atoms with E-state index in [0.717, 1.165) is 5.75 Å². The maximum atomic E-state index is 6.63. The van der Waals surface area contributed by atoms with E-state index >= 15 is 0 Å². The van der Waals surface area contributed by atoms with Crippen molar-refractivity contribution in [2.45, 2.75) is 63.8 Å². The third kappa shape index (κ3) is 4.77. The van der Waals surface area contributed by atoms with E-state index in [2.05, 4.69) is 60.5 Å². The van der Waals surface area contributed by atoms with Crippen molar-refractivity contribution in [1.82, 2.24) is 19.5 Å². The fourth-order valence-corrected chi connectivity index (χ4v) is 6.14. The lowest BCUT2D eigenvalue weighted by Gasteiger charge is -2.34. The molecule has 2 aromatic rings. The van der Waals surface area contributed by atoms with Gasteiger partial charge in [-0.15, -0.1) is 0 Å². The fraction of sp³-hybridized carbons (Fsp3) is 0.706. The van der Waals surface area contributed by atoms with Gasteiger partial charge in [0, 0.05) is 5.75 Å². The van der Waals surface area contributed by atoms with E-state index in [4.69, 9.17) is 19.3 Å². The first kappa shape index (κ1) is 21.7. The second-order valence-corrected chi connectivity index (χ2v) is 18.8. The Morgan fingerprint density at radius 1 is 1.07 bits per heavy atom. The highest BCUT2D eigenvalue weighted by atomic mass is 32.2. The van der Waals surface area contributed by atoms with E-state index in [1.54, 1.807) is 18.1 Å². The molecule has 0 amide bonds. The summed E-state index contributed by atoms with van der Waals surface area (Å²) in [6.45, 7) is 13.1. The summed E-state index contributed by atoms with van der Waals surface area (Å²) in [6.07, 6.45) is 4.45. The minimum Gasteiger partial charge on any atom is -0.409 e. The van der Waals surface area contributed by atoms with Crippen molar-refractivity contribution < 1.29 is 13.6 Å². The number of aromatic nitrogens is 4. The van der Waals surface area contributed by atoms with E-state index in [9.17, 15) is 0 Å². The molecule has 2 N–H and O–H groups in total. The van der Waals surface area contributed by atoms with Crippen LogP contribution in [0.4, 0.5) is 5.82 Å². The van der Waals surface area contributed by atoms with Gasteiger partial charge < -0.3 is 19.3 Å². The number of imidazole rings is 1. The number of ether oxygens (including phenoxy) is 1. The second kappa shape index (κ2) is 8.03. The molecule has 4 atom stereocenters. The molecule has 8 nitrogen and oxygen atoms in total. The van der Waals surface area contributed by atoms with Gasteiger partial charge in [-0.2, -0.15) is 11.8 Å². The Bertz CT molecular complexity index is 823. The number of anilines is 1. The second-order valence-electron chi connectivity index (χ2n) is 8.99. The van der Waals surface area contributed by atoms with Crippen LogP contribution in [0.3, 0.4) is 0 Å². The van der Waals surface area contributed by atoms with Gasteiger partial charge >= 0.3 is 0 Å². The quantitative estimate of drug-likeness (QED) is 0.655. The van der Waals surface area contributed by atoms with Crippen LogP contribution in [0.2, 0.25) is 39.3 Å². The summed E-state index contributed by atoms with van der Waals surface area (Å²) in [5.74, 6) is 1.20. The van der Waals surface area contributed by atoms with Gasteiger partial charge in [0.15, 0.2) is 34.3 Å². The smallest absolute Gasteiger partial charge is 0.184 e. The summed E-state index contributed by atoms with van der Waals surface area (Å²) >= 11 is 1.75. The predicted octanol–water partition coefficient (Wildman–Crippen LogP) is 3.11. The summed E-state index contributed by atoms with van der Waals surface area (Å²) in [5.41, 5.74) is 7.20. The topological polar surface area (TPSA) is 97.3 Å². The van der Waals surface area contributed by atoms with Crippen LogP contribution in [0.1, 0.15) is 6.23 Å². The average molecular weight is 442 g/mol. The first-order valence-corrected chi connectivity index (χ1v) is 17.6. The van der Waals surface area contributed by atoms with Crippen LogP contribution < -0.4 is 5.73 Å². The molecule has 11 heteroatoms. The van der Waals surface area contributed by atoms with Crippen LogP contribution in [0.25, 0.3) is 11.2 Å². The van der Waals surface area contributed by atoms with Crippen LogP contribution in [0.15, 0.2) is 12.7 Å². The van der Waals surface area contributed by atoms with Crippen molar-refractivity contribution in [3.8, 4) is 0 Å². The Balaban J connectivity index is 2.05. The van der Waals surface area contributed by atoms with E-state index in [0.29, 0.717) is 17.0 Å². The number of thioether (sulfide) groups is 1. The van der Waals surface area contributed by atoms with E-state index in [-0.39, 0.29) is 24.5 Å². The molecule has 156 valence electrons. The Labute approximate surface area is 172 Å². The SMILES string of the molecule is CSCC1OC(n2cnc3c(N)ncnc32)C(O[Si](C)(C)C)C1O[Si](C)(C)C. The predicted molar refractivity (Wildman–Crippen MR) is 118 cm³/mol. The van der Waals surface area contributed by atoms with E-state index in [1.165, 1.54) is 6.33 Å². The number of fused-ring (bicyclic) bond motifs is 1. The molecule has 1 aliphatic rings. The summed E-state index contributed by atoms with van der Waals surface area (Å²) in [7, 11) is -3.68. The highest BCUT2D eigenvalue weighted by Crippen LogP contribution is 2.39. The van der Waals surface area contributed by atoms with Gasteiger partial charge in [0.1, 0.15) is 24.1 Å². The zero-order chi connectivity index (χ0) is 20.7. The maximum absolute atomic E-state index is 6.63. The average Bonchev–Trinajstić information content (AvgIpc) is 3.10. The molecule has 0 spiro atoms. The van der Waals surface area contributed by atoms with Gasteiger partial charge in [0.05, 0.1) is 12.4 Å². The first-order chi connectivity index (χ1) is 13.0. The lowest BCUT2D eigenvalue weighted by atomic mass is 10.1. The van der Waals surface area contributed by atoms with Gasteiger partial charge in [-0.25, -0.2) is 15.0 Å². The highest BCUT2D eigenvalue weighted by Gasteiger charge is 2.50. The molecule has 0 aliphatic carbocycles. The Morgan fingerprint density at radius 2 is 1.71 bits per heavy atom. The molecule has 28 heavy (non-hydrogen) atoms. The Hall–Kier alpha value is -0.986. The lowest BCUT2D eigenvalue weighted by Crippen LogP contribution is -2.47.